The van der Waals surface area contributed by atoms with Gasteiger partial charge < -0.3 is 9.64 Å². The van der Waals surface area contributed by atoms with E-state index in [9.17, 15) is 4.79 Å². The molecule has 2 aromatic rings. The first-order valence-electron chi connectivity index (χ1n) is 7.22. The first-order valence-corrected chi connectivity index (χ1v) is 9.82. The zero-order valence-corrected chi connectivity index (χ0v) is 16.7. The Kier molecular flexibility index (Phi) is 5.65. The van der Waals surface area contributed by atoms with Gasteiger partial charge in [0.05, 0.1) is 17.7 Å². The highest BCUT2D eigenvalue weighted by atomic mass is 79.9. The second-order valence-electron chi connectivity index (χ2n) is 5.23. The van der Waals surface area contributed by atoms with Crippen LogP contribution >= 0.6 is 50.9 Å². The number of halogens is 3. The summed E-state index contributed by atoms with van der Waals surface area (Å²) in [5, 5.41) is 0.763. The van der Waals surface area contributed by atoms with Gasteiger partial charge in [0, 0.05) is 27.4 Å². The van der Waals surface area contributed by atoms with Gasteiger partial charge in [-0.1, -0.05) is 39.1 Å². The third-order valence-electron chi connectivity index (χ3n) is 3.77. The van der Waals surface area contributed by atoms with Gasteiger partial charge in [0.25, 0.3) is 5.91 Å². The zero-order chi connectivity index (χ0) is 17.3. The van der Waals surface area contributed by atoms with Crippen LogP contribution in [0, 0.1) is 0 Å². The number of nitrogens with zero attached hydrogens (tertiary/aromatic N) is 1. The van der Waals surface area contributed by atoms with Crippen LogP contribution in [0.3, 0.4) is 0 Å². The molecule has 0 spiro atoms. The van der Waals surface area contributed by atoms with Crippen molar-refractivity contribution in [3.8, 4) is 5.75 Å². The lowest BCUT2D eigenvalue weighted by Gasteiger charge is -2.26. The van der Waals surface area contributed by atoms with E-state index < -0.39 is 0 Å². The third kappa shape index (κ3) is 3.54. The number of ether oxygens (including phenoxy) is 1. The van der Waals surface area contributed by atoms with Crippen LogP contribution in [0.2, 0.25) is 10.0 Å². The minimum absolute atomic E-state index is 0.103. The fourth-order valence-corrected chi connectivity index (χ4v) is 4.79. The van der Waals surface area contributed by atoms with Crippen LogP contribution in [-0.2, 0) is 0 Å². The van der Waals surface area contributed by atoms with Gasteiger partial charge in [0.2, 0.25) is 0 Å². The first-order chi connectivity index (χ1) is 11.5. The molecule has 1 aliphatic rings. The van der Waals surface area contributed by atoms with Gasteiger partial charge in [-0.3, -0.25) is 4.79 Å². The summed E-state index contributed by atoms with van der Waals surface area (Å²) in [5.41, 5.74) is 1.43. The number of benzene rings is 2. The summed E-state index contributed by atoms with van der Waals surface area (Å²) in [6.45, 7) is 0.656. The molecule has 0 aliphatic carbocycles. The average molecular weight is 447 g/mol. The number of carbonyl (C=O) groups excluding carboxylic acids is 1. The van der Waals surface area contributed by atoms with E-state index in [0.29, 0.717) is 22.2 Å². The third-order valence-corrected chi connectivity index (χ3v) is 6.05. The Morgan fingerprint density at radius 3 is 2.79 bits per heavy atom. The molecule has 126 valence electrons. The van der Waals surface area contributed by atoms with Crippen LogP contribution < -0.4 is 4.74 Å². The Morgan fingerprint density at radius 2 is 2.08 bits per heavy atom. The fraction of sp³-hybridized carbons (Fsp3) is 0.235. The molecule has 0 N–H and O–H groups in total. The molecule has 3 rings (SSSR count). The fourth-order valence-electron chi connectivity index (χ4n) is 2.65. The van der Waals surface area contributed by atoms with Crippen LogP contribution in [0.5, 0.6) is 5.75 Å². The number of carbonyl (C=O) groups is 1. The highest BCUT2D eigenvalue weighted by Crippen LogP contribution is 2.43. The van der Waals surface area contributed by atoms with Crippen molar-refractivity contribution in [3.05, 3.63) is 62.0 Å². The first kappa shape index (κ1) is 17.9. The smallest absolute Gasteiger partial charge is 0.256 e. The number of thioether (sulfide) groups is 1. The van der Waals surface area contributed by atoms with E-state index in [1.165, 1.54) is 0 Å². The minimum atomic E-state index is -0.114. The Morgan fingerprint density at radius 1 is 1.29 bits per heavy atom. The lowest BCUT2D eigenvalue weighted by atomic mass is 10.1. The van der Waals surface area contributed by atoms with Crippen molar-refractivity contribution in [2.75, 3.05) is 19.4 Å². The topological polar surface area (TPSA) is 29.5 Å². The predicted molar refractivity (Wildman–Crippen MR) is 103 cm³/mol. The van der Waals surface area contributed by atoms with Gasteiger partial charge in [-0.05, 0) is 36.4 Å². The number of amides is 1. The van der Waals surface area contributed by atoms with E-state index in [2.05, 4.69) is 15.9 Å². The lowest BCUT2D eigenvalue weighted by molar-refractivity contribution is 0.0759. The van der Waals surface area contributed by atoms with E-state index in [1.807, 2.05) is 23.1 Å². The van der Waals surface area contributed by atoms with Crippen molar-refractivity contribution in [2.24, 2.45) is 0 Å². The van der Waals surface area contributed by atoms with Crippen molar-refractivity contribution in [2.45, 2.75) is 5.37 Å². The molecule has 0 aromatic heterocycles. The summed E-state index contributed by atoms with van der Waals surface area (Å²) in [6, 6.07) is 10.8. The van der Waals surface area contributed by atoms with E-state index in [4.69, 9.17) is 27.9 Å². The quantitative estimate of drug-likeness (QED) is 0.609. The summed E-state index contributed by atoms with van der Waals surface area (Å²) in [7, 11) is 1.63. The van der Waals surface area contributed by atoms with Gasteiger partial charge >= 0.3 is 0 Å². The van der Waals surface area contributed by atoms with E-state index >= 15 is 0 Å². The van der Waals surface area contributed by atoms with Crippen molar-refractivity contribution >= 4 is 56.8 Å². The molecule has 1 amide bonds. The van der Waals surface area contributed by atoms with Crippen LogP contribution in [0.25, 0.3) is 0 Å². The molecule has 1 heterocycles. The Hall–Kier alpha value is -0.880. The van der Waals surface area contributed by atoms with Crippen molar-refractivity contribution in [1.82, 2.24) is 4.90 Å². The maximum absolute atomic E-state index is 13.0. The van der Waals surface area contributed by atoms with Gasteiger partial charge in [-0.15, -0.1) is 11.8 Å². The SMILES string of the molecule is COc1ccc(Br)cc1C1SCCN1C(=O)c1ccc(Cl)cc1Cl. The zero-order valence-electron chi connectivity index (χ0n) is 12.8. The van der Waals surface area contributed by atoms with Crippen LogP contribution in [0.1, 0.15) is 21.3 Å². The summed E-state index contributed by atoms with van der Waals surface area (Å²) >= 11 is 17.3. The Balaban J connectivity index is 1.96. The number of hydrogen-bond donors (Lipinski definition) is 0. The van der Waals surface area contributed by atoms with E-state index in [0.717, 1.165) is 21.5 Å². The molecule has 1 saturated heterocycles. The second kappa shape index (κ2) is 7.56. The number of hydrogen-bond acceptors (Lipinski definition) is 3. The Labute approximate surface area is 163 Å². The summed E-state index contributed by atoms with van der Waals surface area (Å²) in [6.07, 6.45) is 0. The van der Waals surface area contributed by atoms with Crippen molar-refractivity contribution in [1.29, 1.82) is 0 Å². The Bertz CT molecular complexity index is 787. The molecule has 1 atom stereocenters. The number of methoxy groups -OCH3 is 1. The molecule has 0 bridgehead atoms. The number of rotatable bonds is 3. The molecule has 0 radical (unpaired) electrons. The minimum Gasteiger partial charge on any atom is -0.496 e. The van der Waals surface area contributed by atoms with Gasteiger partial charge in [0.15, 0.2) is 0 Å². The molecule has 7 heteroatoms. The molecule has 1 aliphatic heterocycles. The monoisotopic (exact) mass is 445 g/mol. The molecule has 1 unspecified atom stereocenters. The van der Waals surface area contributed by atoms with Crippen LogP contribution in [0.15, 0.2) is 40.9 Å². The maximum Gasteiger partial charge on any atom is 0.256 e. The van der Waals surface area contributed by atoms with E-state index in [1.54, 1.807) is 37.1 Å². The van der Waals surface area contributed by atoms with Gasteiger partial charge in [-0.25, -0.2) is 0 Å². The molecule has 24 heavy (non-hydrogen) atoms. The van der Waals surface area contributed by atoms with Crippen molar-refractivity contribution in [3.63, 3.8) is 0 Å². The van der Waals surface area contributed by atoms with Crippen LogP contribution in [-0.4, -0.2) is 30.2 Å². The summed E-state index contributed by atoms with van der Waals surface area (Å²) < 4.78 is 6.42. The van der Waals surface area contributed by atoms with Gasteiger partial charge in [0.1, 0.15) is 11.1 Å². The summed E-state index contributed by atoms with van der Waals surface area (Å²) in [5.74, 6) is 1.52. The van der Waals surface area contributed by atoms with E-state index in [-0.39, 0.29) is 11.3 Å². The molecule has 1 fully saturated rings. The molecule has 3 nitrogen and oxygen atoms in total. The predicted octanol–water partition coefficient (Wildman–Crippen LogP) is 5.65. The highest BCUT2D eigenvalue weighted by Gasteiger charge is 2.34. The molecule has 2 aromatic carbocycles. The largest absolute Gasteiger partial charge is 0.496 e. The highest BCUT2D eigenvalue weighted by molar-refractivity contribution is 9.10. The van der Waals surface area contributed by atoms with Crippen molar-refractivity contribution < 1.29 is 9.53 Å². The summed E-state index contributed by atoms with van der Waals surface area (Å²) in [4.78, 5) is 14.8. The lowest BCUT2D eigenvalue weighted by Crippen LogP contribution is -2.30. The van der Waals surface area contributed by atoms with Crippen LogP contribution in [0.4, 0.5) is 0 Å². The molecular formula is C17H14BrCl2NO2S. The normalized spacial score (nSPS) is 17.2. The standard InChI is InChI=1S/C17H14BrCl2NO2S/c1-23-15-5-2-10(18)8-13(15)17-21(6-7-24-17)16(22)12-4-3-11(19)9-14(12)20/h2-5,8-9,17H,6-7H2,1H3. The van der Waals surface area contributed by atoms with Gasteiger partial charge in [-0.2, -0.15) is 0 Å². The second-order valence-corrected chi connectivity index (χ2v) is 8.18. The molecular weight excluding hydrogens is 433 g/mol. The maximum atomic E-state index is 13.0. The molecule has 0 saturated carbocycles. The average Bonchev–Trinajstić information content (AvgIpc) is 3.03.